The number of esters is 1. The van der Waals surface area contributed by atoms with Gasteiger partial charge in [-0.15, -0.1) is 0 Å². The number of aromatic nitrogens is 2. The van der Waals surface area contributed by atoms with Crippen LogP contribution >= 0.6 is 0 Å². The van der Waals surface area contributed by atoms with Crippen molar-refractivity contribution >= 4 is 18.6 Å². The Balaban J connectivity index is 1.78. The van der Waals surface area contributed by atoms with Crippen molar-refractivity contribution in [1.29, 1.82) is 0 Å². The van der Waals surface area contributed by atoms with Gasteiger partial charge in [-0.05, 0) is 48.5 Å². The standard InChI is InChI=1S/C17H29BN2O5/c1-15(2,3)23-14(21)12-22-9-8-20-11-13(10-19-20)18-24-16(4,5)17(6,7)25-18/h10-11H,8-9,12H2,1-7H3. The van der Waals surface area contributed by atoms with Crippen LogP contribution in [0.3, 0.4) is 0 Å². The Morgan fingerprint density at radius 3 is 2.40 bits per heavy atom. The lowest BCUT2D eigenvalue weighted by Gasteiger charge is -2.32. The quantitative estimate of drug-likeness (QED) is 0.439. The zero-order chi connectivity index (χ0) is 18.9. The first-order valence-corrected chi connectivity index (χ1v) is 8.57. The van der Waals surface area contributed by atoms with Gasteiger partial charge in [0.1, 0.15) is 12.2 Å². The lowest BCUT2D eigenvalue weighted by Crippen LogP contribution is -2.41. The molecule has 0 saturated carbocycles. The van der Waals surface area contributed by atoms with Gasteiger partial charge in [-0.2, -0.15) is 5.10 Å². The van der Waals surface area contributed by atoms with Crippen LogP contribution in [-0.4, -0.2) is 52.9 Å². The van der Waals surface area contributed by atoms with E-state index in [1.54, 1.807) is 10.9 Å². The van der Waals surface area contributed by atoms with Crippen LogP contribution in [0.15, 0.2) is 12.4 Å². The van der Waals surface area contributed by atoms with Crippen molar-refractivity contribution in [2.75, 3.05) is 13.2 Å². The summed E-state index contributed by atoms with van der Waals surface area (Å²) in [4.78, 5) is 11.6. The summed E-state index contributed by atoms with van der Waals surface area (Å²) in [5.41, 5.74) is -0.391. The van der Waals surface area contributed by atoms with Crippen LogP contribution in [0.2, 0.25) is 0 Å². The zero-order valence-corrected chi connectivity index (χ0v) is 16.3. The average Bonchev–Trinajstić information content (AvgIpc) is 2.96. The second kappa shape index (κ2) is 7.09. The Kier molecular flexibility index (Phi) is 5.66. The van der Waals surface area contributed by atoms with Gasteiger partial charge in [0.25, 0.3) is 0 Å². The van der Waals surface area contributed by atoms with Crippen molar-refractivity contribution in [2.24, 2.45) is 0 Å². The molecule has 1 aromatic heterocycles. The summed E-state index contributed by atoms with van der Waals surface area (Å²) in [5.74, 6) is -0.370. The molecule has 1 aliphatic rings. The Morgan fingerprint density at radius 2 is 1.84 bits per heavy atom. The Labute approximate surface area is 150 Å². The minimum Gasteiger partial charge on any atom is -0.458 e. The Bertz CT molecular complexity index is 590. The monoisotopic (exact) mass is 352 g/mol. The predicted molar refractivity (Wildman–Crippen MR) is 94.6 cm³/mol. The lowest BCUT2D eigenvalue weighted by atomic mass is 9.82. The van der Waals surface area contributed by atoms with Crippen molar-refractivity contribution in [2.45, 2.75) is 71.8 Å². The van der Waals surface area contributed by atoms with Crippen LogP contribution in [-0.2, 0) is 30.1 Å². The molecule has 0 amide bonds. The van der Waals surface area contributed by atoms with E-state index in [4.69, 9.17) is 18.8 Å². The highest BCUT2D eigenvalue weighted by Gasteiger charge is 2.52. The molecule has 0 atom stereocenters. The fourth-order valence-electron chi connectivity index (χ4n) is 2.29. The topological polar surface area (TPSA) is 71.8 Å². The molecule has 0 bridgehead atoms. The van der Waals surface area contributed by atoms with E-state index in [0.717, 1.165) is 5.46 Å². The van der Waals surface area contributed by atoms with Crippen LogP contribution in [0.5, 0.6) is 0 Å². The molecule has 0 spiro atoms. The molecular formula is C17H29BN2O5. The molecule has 0 radical (unpaired) electrons. The van der Waals surface area contributed by atoms with Crippen molar-refractivity contribution in [3.8, 4) is 0 Å². The summed E-state index contributed by atoms with van der Waals surface area (Å²) in [6.45, 7) is 14.4. The van der Waals surface area contributed by atoms with Gasteiger partial charge in [0.05, 0.1) is 24.4 Å². The summed E-state index contributed by atoms with van der Waals surface area (Å²) in [7, 11) is -0.429. The minimum absolute atomic E-state index is 0.0668. The number of hydrogen-bond acceptors (Lipinski definition) is 6. The van der Waals surface area contributed by atoms with Gasteiger partial charge in [0.15, 0.2) is 0 Å². The number of ether oxygens (including phenoxy) is 2. The molecule has 0 aromatic carbocycles. The van der Waals surface area contributed by atoms with E-state index >= 15 is 0 Å². The molecule has 2 rings (SSSR count). The number of carbonyl (C=O) groups excluding carboxylic acids is 1. The molecule has 7 nitrogen and oxygen atoms in total. The maximum atomic E-state index is 11.6. The van der Waals surface area contributed by atoms with Crippen molar-refractivity contribution in [3.05, 3.63) is 12.4 Å². The summed E-state index contributed by atoms with van der Waals surface area (Å²) < 4.78 is 24.3. The summed E-state index contributed by atoms with van der Waals surface area (Å²) in [6.07, 6.45) is 3.61. The number of carbonyl (C=O) groups is 1. The maximum absolute atomic E-state index is 11.6. The number of hydrogen-bond donors (Lipinski definition) is 0. The first-order chi connectivity index (χ1) is 11.4. The average molecular weight is 352 g/mol. The highest BCUT2D eigenvalue weighted by atomic mass is 16.7. The second-order valence-corrected chi connectivity index (χ2v) is 8.26. The molecule has 0 aliphatic carbocycles. The third-order valence-corrected chi connectivity index (χ3v) is 4.28. The van der Waals surface area contributed by atoms with Gasteiger partial charge in [0.2, 0.25) is 0 Å². The van der Waals surface area contributed by atoms with Gasteiger partial charge >= 0.3 is 13.1 Å². The molecule has 1 fully saturated rings. The third kappa shape index (κ3) is 5.30. The van der Waals surface area contributed by atoms with E-state index in [9.17, 15) is 4.79 Å². The summed E-state index contributed by atoms with van der Waals surface area (Å²) in [6, 6.07) is 0. The molecule has 140 valence electrons. The Hall–Kier alpha value is -1.38. The van der Waals surface area contributed by atoms with E-state index in [-0.39, 0.29) is 23.8 Å². The second-order valence-electron chi connectivity index (χ2n) is 8.26. The van der Waals surface area contributed by atoms with Crippen LogP contribution in [0.4, 0.5) is 0 Å². The van der Waals surface area contributed by atoms with E-state index in [0.29, 0.717) is 13.2 Å². The highest BCUT2D eigenvalue weighted by molar-refractivity contribution is 6.61. The fraction of sp³-hybridized carbons (Fsp3) is 0.765. The van der Waals surface area contributed by atoms with Crippen LogP contribution < -0.4 is 5.46 Å². The summed E-state index contributed by atoms with van der Waals surface area (Å²) >= 11 is 0. The van der Waals surface area contributed by atoms with Gasteiger partial charge in [-0.25, -0.2) is 4.79 Å². The molecule has 0 N–H and O–H groups in total. The van der Waals surface area contributed by atoms with E-state index in [2.05, 4.69) is 5.10 Å². The molecule has 2 heterocycles. The van der Waals surface area contributed by atoms with Crippen molar-refractivity contribution in [3.63, 3.8) is 0 Å². The minimum atomic E-state index is -0.500. The summed E-state index contributed by atoms with van der Waals surface area (Å²) in [5, 5.41) is 4.29. The van der Waals surface area contributed by atoms with E-state index in [1.165, 1.54) is 0 Å². The van der Waals surface area contributed by atoms with Crippen LogP contribution in [0, 0.1) is 0 Å². The first kappa shape index (κ1) is 19.9. The van der Waals surface area contributed by atoms with Gasteiger partial charge < -0.3 is 18.8 Å². The third-order valence-electron chi connectivity index (χ3n) is 4.28. The lowest BCUT2D eigenvalue weighted by molar-refractivity contribution is -0.160. The molecule has 25 heavy (non-hydrogen) atoms. The normalized spacial score (nSPS) is 19.2. The van der Waals surface area contributed by atoms with Crippen LogP contribution in [0.1, 0.15) is 48.5 Å². The molecule has 1 aliphatic heterocycles. The zero-order valence-electron chi connectivity index (χ0n) is 16.3. The maximum Gasteiger partial charge on any atom is 0.498 e. The predicted octanol–water partition coefficient (Wildman–Crippen LogP) is 1.54. The SMILES string of the molecule is CC(C)(C)OC(=O)COCCn1cc(B2OC(C)(C)C(C)(C)O2)cn1. The molecule has 0 unspecified atom stereocenters. The van der Waals surface area contributed by atoms with Gasteiger partial charge in [0, 0.05) is 17.9 Å². The van der Waals surface area contributed by atoms with Gasteiger partial charge in [-0.1, -0.05) is 0 Å². The Morgan fingerprint density at radius 1 is 1.24 bits per heavy atom. The van der Waals surface area contributed by atoms with Crippen LogP contribution in [0.25, 0.3) is 0 Å². The smallest absolute Gasteiger partial charge is 0.458 e. The highest BCUT2D eigenvalue weighted by Crippen LogP contribution is 2.36. The van der Waals surface area contributed by atoms with E-state index < -0.39 is 12.7 Å². The number of rotatable bonds is 6. The fourth-order valence-corrected chi connectivity index (χ4v) is 2.29. The molecule has 1 saturated heterocycles. The molecule has 8 heteroatoms. The van der Waals surface area contributed by atoms with Crippen molar-refractivity contribution < 1.29 is 23.6 Å². The van der Waals surface area contributed by atoms with Gasteiger partial charge in [-0.3, -0.25) is 4.68 Å². The molecular weight excluding hydrogens is 323 g/mol. The largest absolute Gasteiger partial charge is 0.498 e. The first-order valence-electron chi connectivity index (χ1n) is 8.57. The van der Waals surface area contributed by atoms with Crippen molar-refractivity contribution in [1.82, 2.24) is 9.78 Å². The van der Waals surface area contributed by atoms with E-state index in [1.807, 2.05) is 54.7 Å². The molecule has 1 aromatic rings. The number of nitrogens with zero attached hydrogens (tertiary/aromatic N) is 2.